The maximum absolute atomic E-state index is 13.1. The van der Waals surface area contributed by atoms with Gasteiger partial charge in [-0.3, -0.25) is 29.1 Å². The number of hydrogen-bond donors (Lipinski definition) is 3. The van der Waals surface area contributed by atoms with E-state index in [1.165, 1.54) is 4.90 Å². The fraction of sp³-hybridized carbons (Fsp3) is 0.385. The number of carbonyl (C=O) groups excluding carboxylic acids is 3. The number of nitrogens with two attached hydrogens (primary N) is 1. The predicted molar refractivity (Wildman–Crippen MR) is 202 cm³/mol. The van der Waals surface area contributed by atoms with E-state index in [1.807, 2.05) is 49.4 Å². The van der Waals surface area contributed by atoms with Crippen molar-refractivity contribution in [1.29, 1.82) is 0 Å². The Morgan fingerprint density at radius 1 is 1.02 bits per heavy atom. The average Bonchev–Trinajstić information content (AvgIpc) is 3.15. The standard InChI is InChI=1S/C21H21F3N6O2.C18H25N3O2/c1-3-30-18(27-13-7-5-4-6-8-13)14(12(2)25)11-15(20(30)32)28-19(31)17-26-10-9-16(29-17)21(22,23)24;1-2-15(18(22)19-16-6-4-3-5-7-16)12-20-8-10-21(11-9-20)17-13-23-14-17/h4-10,15H,3,11,25H2,1-2H3,(H,28,31);2-7,17H,8-14H2,1H3,(H,19,22)/b14-12-,27-18?;15-2+. The van der Waals surface area contributed by atoms with Gasteiger partial charge >= 0.3 is 6.18 Å². The highest BCUT2D eigenvalue weighted by Crippen LogP contribution is 2.28. The van der Waals surface area contributed by atoms with Gasteiger partial charge in [0.25, 0.3) is 17.7 Å². The third-order valence-electron chi connectivity index (χ3n) is 9.35. The van der Waals surface area contributed by atoms with E-state index in [1.54, 1.807) is 38.1 Å². The first-order valence-electron chi connectivity index (χ1n) is 18.1. The maximum atomic E-state index is 13.1. The largest absolute Gasteiger partial charge is 0.433 e. The molecule has 6 rings (SSSR count). The van der Waals surface area contributed by atoms with Gasteiger partial charge in [0.05, 0.1) is 24.9 Å². The number of likely N-dealkylation sites (N-methyl/N-ethyl adjacent to an activating group) is 1. The molecule has 3 aliphatic heterocycles. The monoisotopic (exact) mass is 761 g/mol. The van der Waals surface area contributed by atoms with Crippen molar-refractivity contribution in [3.8, 4) is 0 Å². The van der Waals surface area contributed by atoms with E-state index < -0.39 is 35.6 Å². The lowest BCUT2D eigenvalue weighted by Gasteiger charge is -2.42. The van der Waals surface area contributed by atoms with E-state index in [-0.39, 0.29) is 18.9 Å². The minimum atomic E-state index is -4.73. The lowest BCUT2D eigenvalue weighted by atomic mass is 9.96. The molecule has 3 fully saturated rings. The van der Waals surface area contributed by atoms with Crippen molar-refractivity contribution in [3.05, 3.63) is 107 Å². The molecule has 1 aromatic heterocycles. The van der Waals surface area contributed by atoms with Gasteiger partial charge in [-0.2, -0.15) is 13.2 Å². The van der Waals surface area contributed by atoms with Crippen molar-refractivity contribution in [2.45, 2.75) is 45.5 Å². The zero-order valence-electron chi connectivity index (χ0n) is 31.1. The van der Waals surface area contributed by atoms with Gasteiger partial charge in [0.15, 0.2) is 0 Å². The van der Waals surface area contributed by atoms with Crippen LogP contribution in [0.5, 0.6) is 0 Å². The number of para-hydroxylation sites is 2. The molecule has 16 heteroatoms. The number of ether oxygens (including phenoxy) is 1. The number of amides is 3. The fourth-order valence-corrected chi connectivity index (χ4v) is 6.18. The van der Waals surface area contributed by atoms with E-state index in [9.17, 15) is 27.6 Å². The van der Waals surface area contributed by atoms with E-state index in [0.29, 0.717) is 41.4 Å². The molecule has 0 saturated carbocycles. The first-order valence-corrected chi connectivity index (χ1v) is 18.1. The zero-order chi connectivity index (χ0) is 39.5. The van der Waals surface area contributed by atoms with E-state index >= 15 is 0 Å². The van der Waals surface area contributed by atoms with Gasteiger partial charge in [0.1, 0.15) is 17.6 Å². The summed E-state index contributed by atoms with van der Waals surface area (Å²) in [4.78, 5) is 55.7. The second kappa shape index (κ2) is 18.7. The second-order valence-corrected chi connectivity index (χ2v) is 13.1. The van der Waals surface area contributed by atoms with Crippen LogP contribution in [0.25, 0.3) is 0 Å². The Kier molecular flexibility index (Phi) is 13.9. The fourth-order valence-electron chi connectivity index (χ4n) is 6.18. The van der Waals surface area contributed by atoms with Crippen molar-refractivity contribution in [2.24, 2.45) is 10.7 Å². The second-order valence-electron chi connectivity index (χ2n) is 13.1. The molecule has 4 heterocycles. The van der Waals surface area contributed by atoms with Gasteiger partial charge in [-0.15, -0.1) is 0 Å². The number of carbonyl (C=O) groups is 3. The number of nitrogens with zero attached hydrogens (tertiary/aromatic N) is 6. The number of piperidine rings is 1. The first-order chi connectivity index (χ1) is 26.4. The number of hydrogen-bond acceptors (Lipinski definition) is 10. The highest BCUT2D eigenvalue weighted by atomic mass is 19.4. The van der Waals surface area contributed by atoms with Crippen LogP contribution in [-0.4, -0.2) is 113 Å². The van der Waals surface area contributed by atoms with Crippen LogP contribution in [-0.2, 0) is 20.5 Å². The lowest BCUT2D eigenvalue weighted by molar-refractivity contribution is -0.141. The van der Waals surface area contributed by atoms with Crippen molar-refractivity contribution < 1.29 is 32.3 Å². The number of benzene rings is 2. The Morgan fingerprint density at radius 3 is 2.24 bits per heavy atom. The molecule has 0 bridgehead atoms. The summed E-state index contributed by atoms with van der Waals surface area (Å²) in [6.45, 7) is 12.2. The van der Waals surface area contributed by atoms with Gasteiger partial charge in [-0.05, 0) is 51.1 Å². The predicted octanol–water partition coefficient (Wildman–Crippen LogP) is 4.40. The molecule has 1 unspecified atom stereocenters. The minimum Gasteiger partial charge on any atom is -0.402 e. The molecule has 3 saturated heterocycles. The summed E-state index contributed by atoms with van der Waals surface area (Å²) in [6.07, 6.45) is -1.95. The number of aromatic nitrogens is 2. The highest BCUT2D eigenvalue weighted by molar-refractivity contribution is 6.14. The molecule has 292 valence electrons. The van der Waals surface area contributed by atoms with Crippen molar-refractivity contribution >= 4 is 34.9 Å². The van der Waals surface area contributed by atoms with Crippen LogP contribution < -0.4 is 16.4 Å². The lowest BCUT2D eigenvalue weighted by Crippen LogP contribution is -2.56. The van der Waals surface area contributed by atoms with Crippen LogP contribution in [0.1, 0.15) is 43.5 Å². The number of anilines is 1. The van der Waals surface area contributed by atoms with Gasteiger partial charge in [-0.1, -0.05) is 42.5 Å². The average molecular weight is 762 g/mol. The normalized spacial score (nSPS) is 20.3. The number of halogens is 3. The topological polar surface area (TPSA) is 158 Å². The van der Waals surface area contributed by atoms with Gasteiger partial charge in [0, 0.05) is 74.4 Å². The van der Waals surface area contributed by atoms with Crippen molar-refractivity contribution in [1.82, 2.24) is 30.0 Å². The smallest absolute Gasteiger partial charge is 0.402 e. The number of piperazine rings is 1. The van der Waals surface area contributed by atoms with Gasteiger partial charge in [-0.25, -0.2) is 15.0 Å². The molecule has 2 aromatic carbocycles. The van der Waals surface area contributed by atoms with Crippen LogP contribution in [0.4, 0.5) is 24.5 Å². The molecular formula is C39H46F3N9O4. The molecule has 4 N–H and O–H groups in total. The Labute approximate surface area is 318 Å². The summed E-state index contributed by atoms with van der Waals surface area (Å²) in [7, 11) is 0. The SMILES string of the molecule is C/C=C(\CN1CCN(C2COC2)CC1)C(=O)Nc1ccccc1.CCN1C(=O)C(NC(=O)c2nccc(C(F)(F)F)n2)C/C(=C(\C)N)C1=Nc1ccccc1. The summed E-state index contributed by atoms with van der Waals surface area (Å²) < 4.78 is 44.0. The minimum absolute atomic E-state index is 0.00600. The summed E-state index contributed by atoms with van der Waals surface area (Å²) in [5.74, 6) is -1.79. The first kappa shape index (κ1) is 40.7. The number of aliphatic imine (C=N–C) groups is 1. The highest BCUT2D eigenvalue weighted by Gasteiger charge is 2.38. The molecule has 0 spiro atoms. The van der Waals surface area contributed by atoms with Crippen LogP contribution in [0, 0.1) is 0 Å². The van der Waals surface area contributed by atoms with Crippen LogP contribution in [0.3, 0.4) is 0 Å². The number of amidine groups is 1. The van der Waals surface area contributed by atoms with E-state index in [0.717, 1.165) is 56.9 Å². The van der Waals surface area contributed by atoms with E-state index in [2.05, 4.69) is 35.4 Å². The summed E-state index contributed by atoms with van der Waals surface area (Å²) >= 11 is 0. The van der Waals surface area contributed by atoms with Crippen LogP contribution >= 0.6 is 0 Å². The Bertz CT molecular complexity index is 1890. The Hall–Kier alpha value is -5.45. The van der Waals surface area contributed by atoms with E-state index in [4.69, 9.17) is 10.5 Å². The number of rotatable bonds is 9. The summed E-state index contributed by atoms with van der Waals surface area (Å²) in [5.41, 5.74) is 8.03. The van der Waals surface area contributed by atoms with Gasteiger partial charge < -0.3 is 21.1 Å². The van der Waals surface area contributed by atoms with Crippen LogP contribution in [0.2, 0.25) is 0 Å². The third-order valence-corrected chi connectivity index (χ3v) is 9.35. The number of nitrogens with one attached hydrogen (secondary N) is 2. The van der Waals surface area contributed by atoms with Crippen molar-refractivity contribution in [2.75, 3.05) is 57.8 Å². The molecule has 13 nitrogen and oxygen atoms in total. The zero-order valence-corrected chi connectivity index (χ0v) is 31.1. The molecule has 1 atom stereocenters. The van der Waals surface area contributed by atoms with Crippen molar-refractivity contribution in [3.63, 3.8) is 0 Å². The summed E-state index contributed by atoms with van der Waals surface area (Å²) in [6, 6.07) is 18.8. The number of alkyl halides is 3. The molecule has 0 radical (unpaired) electrons. The molecule has 3 amide bonds. The number of likely N-dealkylation sites (tertiary alicyclic amines) is 1. The Balaban J connectivity index is 0.000000222. The maximum Gasteiger partial charge on any atom is 0.433 e. The quantitative estimate of drug-likeness (QED) is 0.269. The molecule has 0 aliphatic carbocycles. The van der Waals surface area contributed by atoms with Gasteiger partial charge in [0.2, 0.25) is 5.82 Å². The number of allylic oxidation sites excluding steroid dienone is 2. The molecule has 55 heavy (non-hydrogen) atoms. The Morgan fingerprint density at radius 2 is 1.67 bits per heavy atom. The van der Waals surface area contributed by atoms with Crippen LogP contribution in [0.15, 0.2) is 101 Å². The molecular weight excluding hydrogens is 715 g/mol. The molecule has 3 aliphatic rings. The third kappa shape index (κ3) is 10.8. The summed E-state index contributed by atoms with van der Waals surface area (Å²) in [5, 5.41) is 5.40. The molecule has 3 aromatic rings.